The van der Waals surface area contributed by atoms with Gasteiger partial charge in [0.15, 0.2) is 0 Å². The minimum atomic E-state index is 0.743. The van der Waals surface area contributed by atoms with Gasteiger partial charge in [0.05, 0.1) is 0 Å². The second-order valence-electron chi connectivity index (χ2n) is 8.20. The number of rotatable bonds is 4. The van der Waals surface area contributed by atoms with E-state index >= 15 is 0 Å². The van der Waals surface area contributed by atoms with Crippen molar-refractivity contribution < 1.29 is 0 Å². The molecule has 18 heavy (non-hydrogen) atoms. The Morgan fingerprint density at radius 2 is 1.39 bits per heavy atom. The predicted molar refractivity (Wildman–Crippen MR) is 75.4 cm³/mol. The molecule has 5 aliphatic carbocycles. The molecule has 102 valence electrons. The van der Waals surface area contributed by atoms with E-state index in [2.05, 4.69) is 5.32 Å². The van der Waals surface area contributed by atoms with Crippen molar-refractivity contribution in [1.29, 1.82) is 0 Å². The van der Waals surface area contributed by atoms with E-state index in [1.165, 1.54) is 38.8 Å². The fraction of sp³-hybridized carbons (Fsp3) is 1.00. The first-order chi connectivity index (χ1) is 8.81. The maximum absolute atomic E-state index is 3.88. The lowest BCUT2D eigenvalue weighted by atomic mass is 9.49. The third-order valence-electron chi connectivity index (χ3n) is 6.57. The van der Waals surface area contributed by atoms with Gasteiger partial charge in [0, 0.05) is 6.54 Å². The molecule has 0 atom stereocenters. The summed E-state index contributed by atoms with van der Waals surface area (Å²) in [6.45, 7) is 2.68. The van der Waals surface area contributed by atoms with Crippen LogP contribution in [-0.4, -0.2) is 13.1 Å². The summed E-state index contributed by atoms with van der Waals surface area (Å²) < 4.78 is 0. The Morgan fingerprint density at radius 1 is 0.833 bits per heavy atom. The lowest BCUT2D eigenvalue weighted by Crippen LogP contribution is -2.50. The summed E-state index contributed by atoms with van der Waals surface area (Å²) >= 11 is 0. The Kier molecular flexibility index (Phi) is 2.94. The van der Waals surface area contributed by atoms with Crippen LogP contribution >= 0.6 is 0 Å². The molecule has 0 heterocycles. The van der Waals surface area contributed by atoms with Crippen molar-refractivity contribution in [2.45, 2.75) is 64.2 Å². The van der Waals surface area contributed by atoms with Gasteiger partial charge in [-0.1, -0.05) is 12.8 Å². The van der Waals surface area contributed by atoms with Gasteiger partial charge in [-0.05, 0) is 87.0 Å². The van der Waals surface area contributed by atoms with Crippen LogP contribution in [0, 0.1) is 29.1 Å². The normalized spacial score (nSPS) is 47.0. The largest absolute Gasteiger partial charge is 0.316 e. The van der Waals surface area contributed by atoms with Crippen LogP contribution in [0.2, 0.25) is 0 Å². The molecule has 0 radical (unpaired) electrons. The Labute approximate surface area is 112 Å². The molecule has 0 aromatic carbocycles. The molecule has 0 amide bonds. The summed E-state index contributed by atoms with van der Waals surface area (Å²) in [6.07, 6.45) is 15.4. The van der Waals surface area contributed by atoms with Crippen molar-refractivity contribution in [3.63, 3.8) is 0 Å². The van der Waals surface area contributed by atoms with Gasteiger partial charge in [-0.25, -0.2) is 0 Å². The van der Waals surface area contributed by atoms with E-state index in [1.807, 2.05) is 0 Å². The molecule has 5 aliphatic rings. The minimum absolute atomic E-state index is 0.743. The SMILES string of the molecule is C1CCC(CNCC23CC4CC(CC(C4)C2)C3)C1. The molecule has 0 aliphatic heterocycles. The third kappa shape index (κ3) is 2.13. The smallest absolute Gasteiger partial charge is 0.000823 e. The van der Waals surface area contributed by atoms with Gasteiger partial charge in [-0.2, -0.15) is 0 Å². The molecule has 1 nitrogen and oxygen atoms in total. The van der Waals surface area contributed by atoms with E-state index in [4.69, 9.17) is 0 Å². The van der Waals surface area contributed by atoms with Crippen LogP contribution in [0.4, 0.5) is 0 Å². The summed E-state index contributed by atoms with van der Waals surface area (Å²) in [5.41, 5.74) is 0.743. The molecule has 5 fully saturated rings. The second kappa shape index (κ2) is 4.51. The van der Waals surface area contributed by atoms with Gasteiger partial charge >= 0.3 is 0 Å². The van der Waals surface area contributed by atoms with Crippen LogP contribution in [-0.2, 0) is 0 Å². The van der Waals surface area contributed by atoms with Gasteiger partial charge in [0.1, 0.15) is 0 Å². The Morgan fingerprint density at radius 3 is 1.94 bits per heavy atom. The van der Waals surface area contributed by atoms with E-state index in [0.29, 0.717) is 0 Å². The molecular formula is C17H29N. The van der Waals surface area contributed by atoms with Crippen LogP contribution in [0.3, 0.4) is 0 Å². The van der Waals surface area contributed by atoms with Gasteiger partial charge in [0.25, 0.3) is 0 Å². The maximum atomic E-state index is 3.88. The third-order valence-corrected chi connectivity index (χ3v) is 6.57. The van der Waals surface area contributed by atoms with E-state index in [1.54, 1.807) is 38.5 Å². The van der Waals surface area contributed by atoms with E-state index in [-0.39, 0.29) is 0 Å². The monoisotopic (exact) mass is 247 g/mol. The Balaban J connectivity index is 1.33. The standard InChI is InChI=1S/C17H29N/c1-2-4-13(3-1)11-18-12-17-8-14-5-15(9-17)7-16(6-14)10-17/h13-16,18H,1-12H2. The summed E-state index contributed by atoms with van der Waals surface area (Å²) in [4.78, 5) is 0. The van der Waals surface area contributed by atoms with E-state index < -0.39 is 0 Å². The first-order valence-electron chi connectivity index (χ1n) is 8.52. The zero-order valence-electron chi connectivity index (χ0n) is 11.8. The van der Waals surface area contributed by atoms with Crippen LogP contribution in [0.1, 0.15) is 64.2 Å². The van der Waals surface area contributed by atoms with Crippen molar-refractivity contribution in [3.05, 3.63) is 0 Å². The summed E-state index contributed by atoms with van der Waals surface area (Å²) in [5, 5.41) is 3.88. The van der Waals surface area contributed by atoms with Crippen molar-refractivity contribution in [2.75, 3.05) is 13.1 Å². The average Bonchev–Trinajstić information content (AvgIpc) is 2.79. The molecular weight excluding hydrogens is 218 g/mol. The lowest BCUT2D eigenvalue weighted by molar-refractivity contribution is -0.0515. The number of hydrogen-bond donors (Lipinski definition) is 1. The van der Waals surface area contributed by atoms with Crippen LogP contribution < -0.4 is 5.32 Å². The van der Waals surface area contributed by atoms with Gasteiger partial charge in [-0.15, -0.1) is 0 Å². The highest BCUT2D eigenvalue weighted by Gasteiger charge is 2.50. The highest BCUT2D eigenvalue weighted by atomic mass is 14.9. The van der Waals surface area contributed by atoms with Crippen molar-refractivity contribution in [3.8, 4) is 0 Å². The fourth-order valence-electron chi connectivity index (χ4n) is 6.26. The zero-order chi connectivity index (χ0) is 12.0. The van der Waals surface area contributed by atoms with Gasteiger partial charge < -0.3 is 5.32 Å². The molecule has 0 aromatic heterocycles. The molecule has 5 rings (SSSR count). The number of hydrogen-bond acceptors (Lipinski definition) is 1. The average molecular weight is 247 g/mol. The second-order valence-corrected chi connectivity index (χ2v) is 8.20. The van der Waals surface area contributed by atoms with Crippen LogP contribution in [0.15, 0.2) is 0 Å². The molecule has 1 heteroatoms. The highest BCUT2D eigenvalue weighted by molar-refractivity contribution is 5.02. The van der Waals surface area contributed by atoms with Crippen molar-refractivity contribution in [1.82, 2.24) is 5.32 Å². The molecule has 0 aromatic rings. The molecule has 0 unspecified atom stereocenters. The minimum Gasteiger partial charge on any atom is -0.316 e. The van der Waals surface area contributed by atoms with Crippen molar-refractivity contribution >= 4 is 0 Å². The summed E-state index contributed by atoms with van der Waals surface area (Å²) in [6, 6.07) is 0. The van der Waals surface area contributed by atoms with E-state index in [9.17, 15) is 0 Å². The molecule has 4 bridgehead atoms. The topological polar surface area (TPSA) is 12.0 Å². The highest BCUT2D eigenvalue weighted by Crippen LogP contribution is 2.59. The van der Waals surface area contributed by atoms with Gasteiger partial charge in [0.2, 0.25) is 0 Å². The molecule has 0 saturated heterocycles. The first-order valence-corrected chi connectivity index (χ1v) is 8.52. The molecule has 5 saturated carbocycles. The van der Waals surface area contributed by atoms with Crippen LogP contribution in [0.25, 0.3) is 0 Å². The van der Waals surface area contributed by atoms with E-state index in [0.717, 1.165) is 29.1 Å². The maximum Gasteiger partial charge on any atom is 0.000823 e. The fourth-order valence-corrected chi connectivity index (χ4v) is 6.26. The summed E-state index contributed by atoms with van der Waals surface area (Å²) in [7, 11) is 0. The predicted octanol–water partition coefficient (Wildman–Crippen LogP) is 3.98. The number of nitrogens with one attached hydrogen (secondary N) is 1. The lowest BCUT2D eigenvalue weighted by Gasteiger charge is -2.57. The van der Waals surface area contributed by atoms with Crippen molar-refractivity contribution in [2.24, 2.45) is 29.1 Å². The zero-order valence-corrected chi connectivity index (χ0v) is 11.8. The Hall–Kier alpha value is -0.0400. The Bertz CT molecular complexity index is 267. The molecule has 0 spiro atoms. The van der Waals surface area contributed by atoms with Crippen LogP contribution in [0.5, 0.6) is 0 Å². The van der Waals surface area contributed by atoms with Gasteiger partial charge in [-0.3, -0.25) is 0 Å². The quantitative estimate of drug-likeness (QED) is 0.792. The summed E-state index contributed by atoms with van der Waals surface area (Å²) in [5.74, 6) is 4.36. The molecule has 1 N–H and O–H groups in total. The first kappa shape index (κ1) is 11.8.